The summed E-state index contributed by atoms with van der Waals surface area (Å²) in [6, 6.07) is 5.03. The van der Waals surface area contributed by atoms with Gasteiger partial charge in [0.1, 0.15) is 11.6 Å². The topological polar surface area (TPSA) is 75.6 Å². The number of carboxylic acids is 1. The summed E-state index contributed by atoms with van der Waals surface area (Å²) in [5.41, 5.74) is 0. The van der Waals surface area contributed by atoms with E-state index >= 15 is 0 Å². The van der Waals surface area contributed by atoms with Crippen LogP contribution in [0.15, 0.2) is 24.3 Å². The molecule has 1 atom stereocenters. The van der Waals surface area contributed by atoms with Crippen LogP contribution in [0.25, 0.3) is 0 Å². The van der Waals surface area contributed by atoms with Crippen molar-refractivity contribution < 1.29 is 23.8 Å². The molecule has 0 aliphatic heterocycles. The average Bonchev–Trinajstić information content (AvgIpc) is 2.42. The quantitative estimate of drug-likeness (QED) is 0.771. The Morgan fingerprint density at radius 3 is 2.43 bits per heavy atom. The van der Waals surface area contributed by atoms with Crippen LogP contribution in [0, 0.1) is 11.7 Å². The zero-order chi connectivity index (χ0) is 15.8. The molecule has 2 N–H and O–H groups in total. The van der Waals surface area contributed by atoms with E-state index in [0.717, 1.165) is 6.42 Å². The first kappa shape index (κ1) is 16.9. The van der Waals surface area contributed by atoms with Crippen LogP contribution in [-0.2, 0) is 9.59 Å². The minimum absolute atomic E-state index is 0.135. The lowest BCUT2D eigenvalue weighted by atomic mass is 10.1. The zero-order valence-electron chi connectivity index (χ0n) is 12.1. The number of benzene rings is 1. The van der Waals surface area contributed by atoms with E-state index in [0.29, 0.717) is 12.3 Å². The summed E-state index contributed by atoms with van der Waals surface area (Å²) >= 11 is 0. The average molecular weight is 297 g/mol. The third-order valence-corrected chi connectivity index (χ3v) is 2.80. The molecule has 0 aromatic heterocycles. The third-order valence-electron chi connectivity index (χ3n) is 2.80. The van der Waals surface area contributed by atoms with E-state index in [1.54, 1.807) is 0 Å². The molecule has 1 aromatic rings. The largest absolute Gasteiger partial charge is 0.478 e. The smallest absolute Gasteiger partial charge is 0.346 e. The van der Waals surface area contributed by atoms with Gasteiger partial charge < -0.3 is 15.2 Å². The van der Waals surface area contributed by atoms with E-state index in [2.05, 4.69) is 5.32 Å². The Morgan fingerprint density at radius 1 is 1.29 bits per heavy atom. The zero-order valence-corrected chi connectivity index (χ0v) is 12.1. The van der Waals surface area contributed by atoms with E-state index in [1.165, 1.54) is 24.3 Å². The first-order valence-electron chi connectivity index (χ1n) is 6.80. The summed E-state index contributed by atoms with van der Waals surface area (Å²) in [4.78, 5) is 22.7. The predicted molar refractivity (Wildman–Crippen MR) is 75.5 cm³/mol. The van der Waals surface area contributed by atoms with Crippen molar-refractivity contribution in [2.75, 3.05) is 6.54 Å². The van der Waals surface area contributed by atoms with Gasteiger partial charge in [0.15, 0.2) is 0 Å². The highest BCUT2D eigenvalue weighted by Gasteiger charge is 2.20. The number of aliphatic carboxylic acids is 1. The van der Waals surface area contributed by atoms with Gasteiger partial charge >= 0.3 is 5.97 Å². The molecular weight excluding hydrogens is 277 g/mol. The summed E-state index contributed by atoms with van der Waals surface area (Å²) in [5.74, 6) is -1.20. The molecule has 21 heavy (non-hydrogen) atoms. The van der Waals surface area contributed by atoms with Gasteiger partial charge in [-0.15, -0.1) is 0 Å². The lowest BCUT2D eigenvalue weighted by Gasteiger charge is -2.16. The molecule has 0 spiro atoms. The van der Waals surface area contributed by atoms with Crippen LogP contribution < -0.4 is 10.1 Å². The van der Waals surface area contributed by atoms with Gasteiger partial charge in [0.25, 0.3) is 0 Å². The van der Waals surface area contributed by atoms with Crippen molar-refractivity contribution in [3.05, 3.63) is 30.1 Å². The van der Waals surface area contributed by atoms with Crippen molar-refractivity contribution in [3.8, 4) is 5.75 Å². The van der Waals surface area contributed by atoms with Crippen LogP contribution in [0.4, 0.5) is 4.39 Å². The van der Waals surface area contributed by atoms with Crippen molar-refractivity contribution in [1.29, 1.82) is 0 Å². The maximum absolute atomic E-state index is 12.8. The molecule has 0 aliphatic carbocycles. The molecule has 1 unspecified atom stereocenters. The summed E-state index contributed by atoms with van der Waals surface area (Å²) in [6.45, 7) is 3.87. The van der Waals surface area contributed by atoms with E-state index in [9.17, 15) is 14.0 Å². The fourth-order valence-electron chi connectivity index (χ4n) is 1.57. The number of amides is 1. The van der Waals surface area contributed by atoms with Crippen molar-refractivity contribution in [3.63, 3.8) is 0 Å². The summed E-state index contributed by atoms with van der Waals surface area (Å²) in [5, 5.41) is 11.6. The van der Waals surface area contributed by atoms with Gasteiger partial charge in [0, 0.05) is 6.42 Å². The normalized spacial score (nSPS) is 12.0. The number of halogens is 1. The molecule has 0 bridgehead atoms. The minimum atomic E-state index is -1.21. The monoisotopic (exact) mass is 297 g/mol. The SMILES string of the molecule is CC(C)CCC(=O)NCC(Oc1ccc(F)cc1)C(=O)O. The number of carbonyl (C=O) groups excluding carboxylic acids is 1. The van der Waals surface area contributed by atoms with Gasteiger partial charge in [-0.1, -0.05) is 13.8 Å². The third kappa shape index (κ3) is 6.74. The molecule has 0 radical (unpaired) electrons. The van der Waals surface area contributed by atoms with Crippen LogP contribution in [0.3, 0.4) is 0 Å². The summed E-state index contributed by atoms with van der Waals surface area (Å²) in [6.07, 6.45) is -0.124. The van der Waals surface area contributed by atoms with E-state index in [-0.39, 0.29) is 18.2 Å². The molecule has 1 aromatic carbocycles. The Bertz CT molecular complexity index is 473. The molecule has 5 nitrogen and oxygen atoms in total. The van der Waals surface area contributed by atoms with Crippen molar-refractivity contribution >= 4 is 11.9 Å². The number of rotatable bonds is 8. The molecule has 1 amide bonds. The van der Waals surface area contributed by atoms with Gasteiger partial charge in [-0.05, 0) is 36.6 Å². The minimum Gasteiger partial charge on any atom is -0.478 e. The Labute approximate surface area is 123 Å². The number of nitrogens with one attached hydrogen (secondary N) is 1. The molecule has 0 heterocycles. The van der Waals surface area contributed by atoms with E-state index in [1.807, 2.05) is 13.8 Å². The van der Waals surface area contributed by atoms with Crippen molar-refractivity contribution in [1.82, 2.24) is 5.32 Å². The van der Waals surface area contributed by atoms with Crippen molar-refractivity contribution in [2.45, 2.75) is 32.8 Å². The van der Waals surface area contributed by atoms with Crippen molar-refractivity contribution in [2.24, 2.45) is 5.92 Å². The Kier molecular flexibility index (Phi) is 6.65. The number of carbonyl (C=O) groups is 2. The molecule has 0 aliphatic rings. The number of hydrogen-bond donors (Lipinski definition) is 2. The lowest BCUT2D eigenvalue weighted by Crippen LogP contribution is -2.40. The molecule has 0 saturated carbocycles. The Morgan fingerprint density at radius 2 is 1.90 bits per heavy atom. The molecule has 116 valence electrons. The lowest BCUT2D eigenvalue weighted by molar-refractivity contribution is -0.145. The second-order valence-electron chi connectivity index (χ2n) is 5.14. The first-order valence-corrected chi connectivity index (χ1v) is 6.80. The fourth-order valence-corrected chi connectivity index (χ4v) is 1.57. The van der Waals surface area contributed by atoms with Gasteiger partial charge in [-0.3, -0.25) is 4.79 Å². The standard InChI is InChI=1S/C15H20FNO4/c1-10(2)3-8-14(18)17-9-13(15(19)20)21-12-6-4-11(16)5-7-12/h4-7,10,13H,3,8-9H2,1-2H3,(H,17,18)(H,19,20). The number of carboxylic acid groups (broad SMARTS) is 1. The van der Waals surface area contributed by atoms with Gasteiger partial charge in [0.2, 0.25) is 12.0 Å². The second kappa shape index (κ2) is 8.24. The molecule has 1 rings (SSSR count). The second-order valence-corrected chi connectivity index (χ2v) is 5.14. The van der Waals surface area contributed by atoms with Crippen LogP contribution in [0.2, 0.25) is 0 Å². The molecular formula is C15H20FNO4. The molecule has 0 fully saturated rings. The number of ether oxygens (including phenoxy) is 1. The maximum Gasteiger partial charge on any atom is 0.346 e. The van der Waals surface area contributed by atoms with Gasteiger partial charge in [-0.2, -0.15) is 0 Å². The molecule has 0 saturated heterocycles. The highest BCUT2D eigenvalue weighted by molar-refractivity contribution is 5.78. The highest BCUT2D eigenvalue weighted by atomic mass is 19.1. The van der Waals surface area contributed by atoms with Gasteiger partial charge in [0.05, 0.1) is 6.54 Å². The highest BCUT2D eigenvalue weighted by Crippen LogP contribution is 2.13. The summed E-state index contributed by atoms with van der Waals surface area (Å²) in [7, 11) is 0. The first-order chi connectivity index (χ1) is 9.88. The Hall–Kier alpha value is -2.11. The van der Waals surface area contributed by atoms with E-state index in [4.69, 9.17) is 9.84 Å². The van der Waals surface area contributed by atoms with Crippen LogP contribution in [-0.4, -0.2) is 29.6 Å². The Balaban J connectivity index is 2.48. The van der Waals surface area contributed by atoms with Crippen LogP contribution in [0.5, 0.6) is 5.75 Å². The fraction of sp³-hybridized carbons (Fsp3) is 0.467. The summed E-state index contributed by atoms with van der Waals surface area (Å²) < 4.78 is 18.0. The molecule has 6 heteroatoms. The van der Waals surface area contributed by atoms with E-state index < -0.39 is 17.9 Å². The maximum atomic E-state index is 12.8. The van der Waals surface area contributed by atoms with Gasteiger partial charge in [-0.25, -0.2) is 9.18 Å². The van der Waals surface area contributed by atoms with Crippen LogP contribution in [0.1, 0.15) is 26.7 Å². The number of hydrogen-bond acceptors (Lipinski definition) is 3. The predicted octanol–water partition coefficient (Wildman–Crippen LogP) is 2.21. The van der Waals surface area contributed by atoms with Crippen LogP contribution >= 0.6 is 0 Å².